The molecule has 0 aromatic rings. The van der Waals surface area contributed by atoms with Gasteiger partial charge in [0.05, 0.1) is 54.4 Å². The molecule has 0 unspecified atom stereocenters. The lowest BCUT2D eigenvalue weighted by molar-refractivity contribution is -0.929. The fraction of sp³-hybridized carbons (Fsp3) is 1.00. The summed E-state index contributed by atoms with van der Waals surface area (Å²) in [5, 5.41) is 0. The fourth-order valence-corrected chi connectivity index (χ4v) is 2.64. The molecule has 0 aliphatic carbocycles. The minimum Gasteiger partial charge on any atom is -1.00 e. The summed E-state index contributed by atoms with van der Waals surface area (Å²) in [6, 6.07) is 0. The van der Waals surface area contributed by atoms with Crippen LogP contribution in [0.3, 0.4) is 0 Å². The summed E-state index contributed by atoms with van der Waals surface area (Å²) in [5.41, 5.74) is 0. The third-order valence-electron chi connectivity index (χ3n) is 3.94. The molecule has 4 heteroatoms. The van der Waals surface area contributed by atoms with Gasteiger partial charge >= 0.3 is 0 Å². The van der Waals surface area contributed by atoms with Crippen molar-refractivity contribution in [2.75, 3.05) is 54.4 Å². The Kier molecular flexibility index (Phi) is 25.1. The molecule has 24 heavy (non-hydrogen) atoms. The summed E-state index contributed by atoms with van der Waals surface area (Å²) in [6.07, 6.45) is 11.1. The van der Waals surface area contributed by atoms with Crippen molar-refractivity contribution in [3.63, 3.8) is 0 Å². The average Bonchev–Trinajstić information content (AvgIpc) is 2.44. The summed E-state index contributed by atoms with van der Waals surface area (Å²) in [5.74, 6) is 0. The molecule has 0 saturated heterocycles. The second kappa shape index (κ2) is 19.1. The Morgan fingerprint density at radius 1 is 0.458 bits per heavy atom. The predicted octanol–water partition coefficient (Wildman–Crippen LogP) is -0.666. The highest BCUT2D eigenvalue weighted by molar-refractivity contribution is 4.49. The molecule has 0 heterocycles. The van der Waals surface area contributed by atoms with Crippen LogP contribution in [0.5, 0.6) is 0 Å². The molecular formula is C20H48F2N2. The summed E-state index contributed by atoms with van der Waals surface area (Å²) in [4.78, 5) is 0. The van der Waals surface area contributed by atoms with E-state index in [0.717, 1.165) is 4.48 Å². The van der Waals surface area contributed by atoms with Gasteiger partial charge in [0, 0.05) is 0 Å². The Hall–Kier alpha value is -0.220. The van der Waals surface area contributed by atoms with E-state index in [4.69, 9.17) is 0 Å². The summed E-state index contributed by atoms with van der Waals surface area (Å²) in [7, 11) is 8.50. The van der Waals surface area contributed by atoms with Crippen molar-refractivity contribution in [1.29, 1.82) is 0 Å². The summed E-state index contributed by atoms with van der Waals surface area (Å²) < 4.78 is 2.42. The first-order valence-corrected chi connectivity index (χ1v) is 9.88. The lowest BCUT2D eigenvalue weighted by Gasteiger charge is -2.39. The van der Waals surface area contributed by atoms with Gasteiger partial charge in [0.2, 0.25) is 0 Å². The van der Waals surface area contributed by atoms with E-state index < -0.39 is 0 Å². The lowest BCUT2D eigenvalue weighted by atomic mass is 10.1. The first-order chi connectivity index (χ1) is 10.2. The minimum atomic E-state index is 0. The molecular weight excluding hydrogens is 306 g/mol. The highest BCUT2D eigenvalue weighted by Crippen LogP contribution is 2.16. The number of hydrogen-bond donors (Lipinski definition) is 0. The summed E-state index contributed by atoms with van der Waals surface area (Å²) >= 11 is 0. The van der Waals surface area contributed by atoms with Crippen molar-refractivity contribution in [2.24, 2.45) is 0 Å². The molecule has 0 atom stereocenters. The van der Waals surface area contributed by atoms with Crippen molar-refractivity contribution < 1.29 is 18.4 Å². The zero-order valence-electron chi connectivity index (χ0n) is 18.1. The number of unbranched alkanes of at least 4 members (excludes halogenated alkanes) is 4. The van der Waals surface area contributed by atoms with Crippen LogP contribution in [0.2, 0.25) is 0 Å². The molecule has 0 rings (SSSR count). The van der Waals surface area contributed by atoms with Gasteiger partial charge < -0.3 is 18.4 Å². The van der Waals surface area contributed by atoms with Crippen LogP contribution in [0.25, 0.3) is 0 Å². The molecule has 0 radical (unpaired) electrons. The first-order valence-electron chi connectivity index (χ1n) is 9.88. The van der Waals surface area contributed by atoms with E-state index >= 15 is 0 Å². The standard InChI is InChI=1S/C16H36N.C4H12N.2FH/c1-5-9-13-17(14-10-6-2,15-11-7-3)16-12-8-4;1-5(2,3)4;;/h5-16H2,1-4H3;1-4H3;2*1H/q2*+1;;/p-2. The Labute approximate surface area is 152 Å². The zero-order valence-corrected chi connectivity index (χ0v) is 18.1. The maximum absolute atomic E-state index is 2.33. The van der Waals surface area contributed by atoms with Gasteiger partial charge in [-0.25, -0.2) is 0 Å². The second-order valence-corrected chi connectivity index (χ2v) is 8.33. The topological polar surface area (TPSA) is 0 Å². The molecule has 0 N–H and O–H groups in total. The van der Waals surface area contributed by atoms with Crippen molar-refractivity contribution in [3.8, 4) is 0 Å². The maximum atomic E-state index is 2.33. The molecule has 0 aromatic heterocycles. The van der Waals surface area contributed by atoms with Gasteiger partial charge in [-0.05, 0) is 25.7 Å². The molecule has 0 fully saturated rings. The number of quaternary nitrogens is 2. The van der Waals surface area contributed by atoms with E-state index in [1.165, 1.54) is 82.0 Å². The van der Waals surface area contributed by atoms with Gasteiger partial charge in [0.15, 0.2) is 0 Å². The highest BCUT2D eigenvalue weighted by Gasteiger charge is 2.24. The van der Waals surface area contributed by atoms with Crippen molar-refractivity contribution in [2.45, 2.75) is 79.1 Å². The molecule has 0 bridgehead atoms. The van der Waals surface area contributed by atoms with E-state index in [1.807, 2.05) is 0 Å². The molecule has 0 aliphatic heterocycles. The van der Waals surface area contributed by atoms with Crippen molar-refractivity contribution in [1.82, 2.24) is 0 Å². The molecule has 0 aromatic carbocycles. The highest BCUT2D eigenvalue weighted by atomic mass is 19.0. The third kappa shape index (κ3) is 24.0. The van der Waals surface area contributed by atoms with Gasteiger partial charge in [-0.3, -0.25) is 0 Å². The predicted molar refractivity (Wildman–Crippen MR) is 103 cm³/mol. The van der Waals surface area contributed by atoms with E-state index in [1.54, 1.807) is 0 Å². The SMILES string of the molecule is CCCC[N+](CCCC)(CCCC)CCCC.C[N+](C)(C)C.[F-].[F-]. The third-order valence-corrected chi connectivity index (χ3v) is 3.94. The van der Waals surface area contributed by atoms with Gasteiger partial charge in [-0.2, -0.15) is 0 Å². The van der Waals surface area contributed by atoms with Gasteiger partial charge in [-0.15, -0.1) is 0 Å². The number of halogens is 2. The quantitative estimate of drug-likeness (QED) is 0.408. The normalized spacial score (nSPS) is 11.0. The lowest BCUT2D eigenvalue weighted by Crippen LogP contribution is -3.00. The number of nitrogens with zero attached hydrogens (tertiary/aromatic N) is 2. The van der Waals surface area contributed by atoms with Crippen LogP contribution in [0.15, 0.2) is 0 Å². The smallest absolute Gasteiger partial charge is 0.0786 e. The van der Waals surface area contributed by atoms with Crippen molar-refractivity contribution in [3.05, 3.63) is 0 Å². The van der Waals surface area contributed by atoms with Crippen LogP contribution >= 0.6 is 0 Å². The minimum absolute atomic E-state index is 0. The van der Waals surface area contributed by atoms with Crippen LogP contribution in [0, 0.1) is 0 Å². The molecule has 2 nitrogen and oxygen atoms in total. The number of hydrogen-bond acceptors (Lipinski definition) is 0. The second-order valence-electron chi connectivity index (χ2n) is 8.33. The monoisotopic (exact) mass is 354 g/mol. The van der Waals surface area contributed by atoms with Crippen LogP contribution in [0.1, 0.15) is 79.1 Å². The zero-order chi connectivity index (χ0) is 17.5. The first kappa shape index (κ1) is 31.5. The molecule has 0 amide bonds. The van der Waals surface area contributed by atoms with E-state index in [0.29, 0.717) is 0 Å². The van der Waals surface area contributed by atoms with Crippen LogP contribution in [0.4, 0.5) is 0 Å². The van der Waals surface area contributed by atoms with Gasteiger partial charge in [-0.1, -0.05) is 53.4 Å². The van der Waals surface area contributed by atoms with Crippen molar-refractivity contribution >= 4 is 0 Å². The maximum Gasteiger partial charge on any atom is 0.0786 e. The Morgan fingerprint density at radius 3 is 0.750 bits per heavy atom. The fourth-order valence-electron chi connectivity index (χ4n) is 2.64. The van der Waals surface area contributed by atoms with Gasteiger partial charge in [0.25, 0.3) is 0 Å². The molecule has 0 aliphatic rings. The molecule has 0 spiro atoms. The Balaban J connectivity index is -0.000000250. The van der Waals surface area contributed by atoms with Gasteiger partial charge in [0.1, 0.15) is 0 Å². The van der Waals surface area contributed by atoms with Crippen LogP contribution in [-0.4, -0.2) is 63.3 Å². The number of rotatable bonds is 12. The van der Waals surface area contributed by atoms with E-state index in [-0.39, 0.29) is 9.41 Å². The van der Waals surface area contributed by atoms with E-state index in [2.05, 4.69) is 55.9 Å². The Bertz CT molecular complexity index is 185. The largest absolute Gasteiger partial charge is 1.00 e. The molecule has 0 saturated carbocycles. The summed E-state index contributed by atoms with van der Waals surface area (Å²) in [6.45, 7) is 15.0. The Morgan fingerprint density at radius 2 is 0.625 bits per heavy atom. The molecule has 152 valence electrons. The van der Waals surface area contributed by atoms with E-state index in [9.17, 15) is 0 Å². The van der Waals surface area contributed by atoms with Crippen LogP contribution in [-0.2, 0) is 0 Å². The van der Waals surface area contributed by atoms with Crippen LogP contribution < -0.4 is 9.41 Å². The average molecular weight is 355 g/mol.